The molecular weight excluding hydrogens is 258 g/mol. The molecule has 0 aliphatic carbocycles. The molecule has 4 heteroatoms. The molecule has 104 valence electrons. The lowest BCUT2D eigenvalue weighted by molar-refractivity contribution is 0.127. The summed E-state index contributed by atoms with van der Waals surface area (Å²) in [6.45, 7) is 5.02. The van der Waals surface area contributed by atoms with Gasteiger partial charge in [-0.05, 0) is 37.9 Å². The van der Waals surface area contributed by atoms with Gasteiger partial charge in [-0.25, -0.2) is 0 Å². The Morgan fingerprint density at radius 2 is 2.37 bits per heavy atom. The SMILES string of the molecule is CC(O)C1CCN(Cc2ccc(C#CCCO)s2)C1. The fraction of sp³-hybridized carbons (Fsp3) is 0.600. The largest absolute Gasteiger partial charge is 0.395 e. The zero-order valence-corrected chi connectivity index (χ0v) is 12.1. The molecule has 0 aromatic carbocycles. The first-order valence-corrected chi connectivity index (χ1v) is 7.59. The van der Waals surface area contributed by atoms with E-state index in [2.05, 4.69) is 22.8 Å². The molecule has 2 rings (SSSR count). The fourth-order valence-electron chi connectivity index (χ4n) is 2.36. The molecule has 1 fully saturated rings. The van der Waals surface area contributed by atoms with Crippen LogP contribution >= 0.6 is 11.3 Å². The van der Waals surface area contributed by atoms with Crippen molar-refractivity contribution in [2.45, 2.75) is 32.4 Å². The summed E-state index contributed by atoms with van der Waals surface area (Å²) in [5.41, 5.74) is 0. The van der Waals surface area contributed by atoms with Crippen LogP contribution in [0.3, 0.4) is 0 Å². The van der Waals surface area contributed by atoms with Crippen LogP contribution in [0.5, 0.6) is 0 Å². The van der Waals surface area contributed by atoms with Crippen LogP contribution in [0.4, 0.5) is 0 Å². The summed E-state index contributed by atoms with van der Waals surface area (Å²) in [7, 11) is 0. The van der Waals surface area contributed by atoms with Crippen molar-refractivity contribution >= 4 is 11.3 Å². The van der Waals surface area contributed by atoms with E-state index < -0.39 is 0 Å². The molecule has 2 unspecified atom stereocenters. The first-order chi connectivity index (χ1) is 9.19. The molecule has 1 aromatic rings. The molecule has 0 amide bonds. The van der Waals surface area contributed by atoms with E-state index in [0.29, 0.717) is 12.3 Å². The monoisotopic (exact) mass is 279 g/mol. The molecule has 1 saturated heterocycles. The van der Waals surface area contributed by atoms with Gasteiger partial charge in [-0.1, -0.05) is 11.8 Å². The lowest BCUT2D eigenvalue weighted by Gasteiger charge is -2.16. The Bertz CT molecular complexity index is 458. The molecule has 3 nitrogen and oxygen atoms in total. The van der Waals surface area contributed by atoms with Crippen molar-refractivity contribution in [1.82, 2.24) is 4.90 Å². The molecule has 1 aromatic heterocycles. The van der Waals surface area contributed by atoms with Gasteiger partial charge in [-0.3, -0.25) is 4.90 Å². The van der Waals surface area contributed by atoms with E-state index in [0.717, 1.165) is 30.9 Å². The van der Waals surface area contributed by atoms with Crippen molar-refractivity contribution in [1.29, 1.82) is 0 Å². The number of hydrogen-bond acceptors (Lipinski definition) is 4. The Morgan fingerprint density at radius 1 is 1.53 bits per heavy atom. The predicted molar refractivity (Wildman–Crippen MR) is 78.0 cm³/mol. The van der Waals surface area contributed by atoms with Gasteiger partial charge in [0.1, 0.15) is 0 Å². The first kappa shape index (κ1) is 14.5. The Kier molecular flexibility index (Phi) is 5.41. The summed E-state index contributed by atoms with van der Waals surface area (Å²) in [5, 5.41) is 18.3. The van der Waals surface area contributed by atoms with Crippen LogP contribution in [-0.2, 0) is 6.54 Å². The molecule has 0 spiro atoms. The van der Waals surface area contributed by atoms with Crippen LogP contribution in [0.25, 0.3) is 0 Å². The number of nitrogens with zero attached hydrogens (tertiary/aromatic N) is 1. The maximum atomic E-state index is 9.60. The van der Waals surface area contributed by atoms with Gasteiger partial charge in [0.2, 0.25) is 0 Å². The maximum Gasteiger partial charge on any atom is 0.0771 e. The molecule has 2 atom stereocenters. The quantitative estimate of drug-likeness (QED) is 0.824. The van der Waals surface area contributed by atoms with Crippen LogP contribution in [0.1, 0.15) is 29.5 Å². The lowest BCUT2D eigenvalue weighted by atomic mass is 10.0. The van der Waals surface area contributed by atoms with Crippen molar-refractivity contribution in [3.8, 4) is 11.8 Å². The average Bonchev–Trinajstić information content (AvgIpc) is 3.00. The standard InChI is InChI=1S/C15H21NO2S/c1-12(18)13-7-8-16(10-13)11-15-6-5-14(19-15)4-2-3-9-17/h5-6,12-13,17-18H,3,7-11H2,1H3. The summed E-state index contributed by atoms with van der Waals surface area (Å²) in [5.74, 6) is 6.43. The van der Waals surface area contributed by atoms with Gasteiger partial charge in [-0.2, -0.15) is 0 Å². The molecule has 2 N–H and O–H groups in total. The third-order valence-corrected chi connectivity index (χ3v) is 4.47. The van der Waals surface area contributed by atoms with Gasteiger partial charge in [0.15, 0.2) is 0 Å². The first-order valence-electron chi connectivity index (χ1n) is 6.78. The number of likely N-dealkylation sites (tertiary alicyclic amines) is 1. The van der Waals surface area contributed by atoms with Crippen LogP contribution in [-0.4, -0.2) is 40.9 Å². The van der Waals surface area contributed by atoms with Crippen molar-refractivity contribution < 1.29 is 10.2 Å². The average molecular weight is 279 g/mol. The molecular formula is C15H21NO2S. The van der Waals surface area contributed by atoms with Gasteiger partial charge >= 0.3 is 0 Å². The van der Waals surface area contributed by atoms with Crippen molar-refractivity contribution in [2.24, 2.45) is 5.92 Å². The normalized spacial score (nSPS) is 21.1. The maximum absolute atomic E-state index is 9.60. The molecule has 0 radical (unpaired) electrons. The molecule has 1 aliphatic heterocycles. The minimum Gasteiger partial charge on any atom is -0.395 e. The third-order valence-electron chi connectivity index (χ3n) is 3.48. The van der Waals surface area contributed by atoms with Crippen molar-refractivity contribution in [2.75, 3.05) is 19.7 Å². The number of aliphatic hydroxyl groups excluding tert-OH is 2. The third kappa shape index (κ3) is 4.32. The molecule has 2 heterocycles. The summed E-state index contributed by atoms with van der Waals surface area (Å²) >= 11 is 1.72. The molecule has 0 saturated carbocycles. The highest BCUT2D eigenvalue weighted by Gasteiger charge is 2.25. The van der Waals surface area contributed by atoms with Crippen molar-refractivity contribution in [3.63, 3.8) is 0 Å². The van der Waals surface area contributed by atoms with Gasteiger partial charge in [0.25, 0.3) is 0 Å². The van der Waals surface area contributed by atoms with Crippen LogP contribution in [0.2, 0.25) is 0 Å². The molecule has 1 aliphatic rings. The zero-order valence-electron chi connectivity index (χ0n) is 11.3. The van der Waals surface area contributed by atoms with E-state index in [9.17, 15) is 5.11 Å². The van der Waals surface area contributed by atoms with E-state index in [1.54, 1.807) is 11.3 Å². The summed E-state index contributed by atoms with van der Waals surface area (Å²) < 4.78 is 0. The summed E-state index contributed by atoms with van der Waals surface area (Å²) in [4.78, 5) is 4.78. The highest BCUT2D eigenvalue weighted by atomic mass is 32.1. The minimum atomic E-state index is -0.201. The molecule has 0 bridgehead atoms. The fourth-order valence-corrected chi connectivity index (χ4v) is 3.28. The minimum absolute atomic E-state index is 0.125. The van der Waals surface area contributed by atoms with Gasteiger partial charge in [0.05, 0.1) is 17.6 Å². The number of hydrogen-bond donors (Lipinski definition) is 2. The van der Waals surface area contributed by atoms with Crippen LogP contribution in [0, 0.1) is 17.8 Å². The van der Waals surface area contributed by atoms with E-state index in [4.69, 9.17) is 5.11 Å². The summed E-state index contributed by atoms with van der Waals surface area (Å²) in [6.07, 6.45) is 1.43. The molecule has 19 heavy (non-hydrogen) atoms. The Balaban J connectivity index is 1.86. The van der Waals surface area contributed by atoms with Gasteiger partial charge in [0, 0.05) is 24.4 Å². The lowest BCUT2D eigenvalue weighted by Crippen LogP contribution is -2.23. The van der Waals surface area contributed by atoms with Crippen molar-refractivity contribution in [3.05, 3.63) is 21.9 Å². The Labute approximate surface area is 118 Å². The number of rotatable bonds is 4. The topological polar surface area (TPSA) is 43.7 Å². The van der Waals surface area contributed by atoms with Crippen LogP contribution in [0.15, 0.2) is 12.1 Å². The number of thiophene rings is 1. The van der Waals surface area contributed by atoms with E-state index in [1.165, 1.54) is 4.88 Å². The highest BCUT2D eigenvalue weighted by molar-refractivity contribution is 7.12. The van der Waals surface area contributed by atoms with E-state index >= 15 is 0 Å². The second-order valence-corrected chi connectivity index (χ2v) is 6.23. The summed E-state index contributed by atoms with van der Waals surface area (Å²) in [6, 6.07) is 4.18. The van der Waals surface area contributed by atoms with E-state index in [1.807, 2.05) is 13.0 Å². The van der Waals surface area contributed by atoms with Gasteiger partial charge < -0.3 is 10.2 Å². The van der Waals surface area contributed by atoms with Gasteiger partial charge in [-0.15, -0.1) is 11.3 Å². The Hall–Kier alpha value is -0.860. The second-order valence-electron chi connectivity index (χ2n) is 5.07. The van der Waals surface area contributed by atoms with E-state index in [-0.39, 0.29) is 12.7 Å². The highest BCUT2D eigenvalue weighted by Crippen LogP contribution is 2.24. The second kappa shape index (κ2) is 7.06. The number of aliphatic hydroxyl groups is 2. The smallest absolute Gasteiger partial charge is 0.0771 e. The predicted octanol–water partition coefficient (Wildman–Crippen LogP) is 1.68. The zero-order chi connectivity index (χ0) is 13.7. The Morgan fingerprint density at radius 3 is 3.05 bits per heavy atom. The van der Waals surface area contributed by atoms with Crippen LogP contribution < -0.4 is 0 Å².